The molecule has 1 aliphatic heterocycles. The Labute approximate surface area is 158 Å². The molecule has 26 heavy (non-hydrogen) atoms. The molecule has 0 radical (unpaired) electrons. The standard InChI is InChI=1S/C24H31NO/c1-4-6-9-19(5-2)24(26)25-17-16-20-10-7-8-11-22(20)23(25)21-14-12-18(3)13-15-21/h7-8,10-15,19,23H,4-6,9,16-17H2,1-3H3/t19-,23-/m0/s1. The van der Waals surface area contributed by atoms with E-state index in [4.69, 9.17) is 0 Å². The lowest BCUT2D eigenvalue weighted by atomic mass is 9.86. The maximum Gasteiger partial charge on any atom is 0.226 e. The molecule has 2 heteroatoms. The van der Waals surface area contributed by atoms with Gasteiger partial charge in [-0.3, -0.25) is 4.79 Å². The lowest BCUT2D eigenvalue weighted by molar-refractivity contribution is -0.138. The van der Waals surface area contributed by atoms with Crippen molar-refractivity contribution in [1.29, 1.82) is 0 Å². The van der Waals surface area contributed by atoms with E-state index in [9.17, 15) is 4.79 Å². The van der Waals surface area contributed by atoms with E-state index in [2.05, 4.69) is 74.2 Å². The molecule has 1 amide bonds. The minimum absolute atomic E-state index is 0.0451. The van der Waals surface area contributed by atoms with Gasteiger partial charge in [0.05, 0.1) is 6.04 Å². The van der Waals surface area contributed by atoms with Crippen LogP contribution in [0.5, 0.6) is 0 Å². The molecule has 3 rings (SSSR count). The van der Waals surface area contributed by atoms with Crippen LogP contribution in [0.2, 0.25) is 0 Å². The second kappa shape index (κ2) is 8.53. The number of fused-ring (bicyclic) bond motifs is 1. The molecule has 0 N–H and O–H groups in total. The van der Waals surface area contributed by atoms with E-state index < -0.39 is 0 Å². The lowest BCUT2D eigenvalue weighted by Crippen LogP contribution is -2.43. The van der Waals surface area contributed by atoms with Crippen molar-refractivity contribution in [2.45, 2.75) is 58.9 Å². The molecule has 0 aromatic heterocycles. The Morgan fingerprint density at radius 3 is 2.54 bits per heavy atom. The van der Waals surface area contributed by atoms with Gasteiger partial charge in [0.25, 0.3) is 0 Å². The number of aryl methyl sites for hydroxylation is 1. The van der Waals surface area contributed by atoms with Gasteiger partial charge >= 0.3 is 0 Å². The summed E-state index contributed by atoms with van der Waals surface area (Å²) in [6, 6.07) is 17.4. The Morgan fingerprint density at radius 1 is 1.12 bits per heavy atom. The summed E-state index contributed by atoms with van der Waals surface area (Å²) in [5, 5.41) is 0. The summed E-state index contributed by atoms with van der Waals surface area (Å²) in [7, 11) is 0. The minimum atomic E-state index is 0.0451. The predicted molar refractivity (Wildman–Crippen MR) is 108 cm³/mol. The number of carbonyl (C=O) groups is 1. The molecular weight excluding hydrogens is 318 g/mol. The van der Waals surface area contributed by atoms with Crippen LogP contribution < -0.4 is 0 Å². The van der Waals surface area contributed by atoms with E-state index in [1.807, 2.05) is 0 Å². The average molecular weight is 350 g/mol. The molecular formula is C24H31NO. The first-order valence-corrected chi connectivity index (χ1v) is 10.1. The van der Waals surface area contributed by atoms with Crippen LogP contribution in [0.25, 0.3) is 0 Å². The zero-order valence-electron chi connectivity index (χ0n) is 16.4. The second-order valence-electron chi connectivity index (χ2n) is 7.54. The third-order valence-corrected chi connectivity index (χ3v) is 5.71. The number of hydrogen-bond donors (Lipinski definition) is 0. The number of carbonyl (C=O) groups excluding carboxylic acids is 1. The number of amides is 1. The first-order valence-electron chi connectivity index (χ1n) is 10.1. The van der Waals surface area contributed by atoms with Gasteiger partial charge in [0, 0.05) is 12.5 Å². The molecule has 2 aromatic carbocycles. The van der Waals surface area contributed by atoms with Crippen LogP contribution in [0, 0.1) is 12.8 Å². The van der Waals surface area contributed by atoms with Crippen molar-refractivity contribution in [3.8, 4) is 0 Å². The van der Waals surface area contributed by atoms with Crippen LogP contribution in [0.4, 0.5) is 0 Å². The maximum atomic E-state index is 13.4. The van der Waals surface area contributed by atoms with Crippen molar-refractivity contribution in [3.05, 3.63) is 70.8 Å². The van der Waals surface area contributed by atoms with Gasteiger partial charge < -0.3 is 4.90 Å². The lowest BCUT2D eigenvalue weighted by Gasteiger charge is -2.39. The molecule has 2 nitrogen and oxygen atoms in total. The normalized spacial score (nSPS) is 17.7. The molecule has 2 atom stereocenters. The smallest absolute Gasteiger partial charge is 0.226 e. The Morgan fingerprint density at radius 2 is 1.85 bits per heavy atom. The quantitative estimate of drug-likeness (QED) is 0.656. The zero-order valence-corrected chi connectivity index (χ0v) is 16.4. The van der Waals surface area contributed by atoms with Crippen molar-refractivity contribution < 1.29 is 4.79 Å². The van der Waals surface area contributed by atoms with E-state index in [1.165, 1.54) is 22.3 Å². The van der Waals surface area contributed by atoms with E-state index in [-0.39, 0.29) is 12.0 Å². The van der Waals surface area contributed by atoms with Crippen LogP contribution in [-0.2, 0) is 11.2 Å². The average Bonchev–Trinajstić information content (AvgIpc) is 2.68. The van der Waals surface area contributed by atoms with Gasteiger partial charge in [-0.05, 0) is 42.9 Å². The fraction of sp³-hybridized carbons (Fsp3) is 0.458. The zero-order chi connectivity index (χ0) is 18.5. The van der Waals surface area contributed by atoms with E-state index >= 15 is 0 Å². The monoisotopic (exact) mass is 349 g/mol. The number of benzene rings is 2. The van der Waals surface area contributed by atoms with Crippen LogP contribution in [0.1, 0.15) is 67.8 Å². The third kappa shape index (κ3) is 3.85. The first kappa shape index (κ1) is 18.7. The first-order chi connectivity index (χ1) is 12.7. The highest BCUT2D eigenvalue weighted by molar-refractivity contribution is 5.80. The summed E-state index contributed by atoms with van der Waals surface area (Å²) in [5.74, 6) is 0.481. The molecule has 1 heterocycles. The molecule has 0 saturated carbocycles. The van der Waals surface area contributed by atoms with Crippen LogP contribution in [0.3, 0.4) is 0 Å². The summed E-state index contributed by atoms with van der Waals surface area (Å²) in [6.07, 6.45) is 5.16. The van der Waals surface area contributed by atoms with Gasteiger partial charge in [-0.2, -0.15) is 0 Å². The summed E-state index contributed by atoms with van der Waals surface area (Å²) < 4.78 is 0. The van der Waals surface area contributed by atoms with Gasteiger partial charge in [0.1, 0.15) is 0 Å². The van der Waals surface area contributed by atoms with Crippen molar-refractivity contribution >= 4 is 5.91 Å². The Bertz CT molecular complexity index is 734. The Kier molecular flexibility index (Phi) is 6.13. The number of nitrogens with zero attached hydrogens (tertiary/aromatic N) is 1. The van der Waals surface area contributed by atoms with Gasteiger partial charge in [-0.25, -0.2) is 0 Å². The number of hydrogen-bond acceptors (Lipinski definition) is 1. The van der Waals surface area contributed by atoms with Crippen molar-refractivity contribution in [1.82, 2.24) is 4.90 Å². The predicted octanol–water partition coefficient (Wildman–Crippen LogP) is 5.69. The molecule has 1 aliphatic rings. The summed E-state index contributed by atoms with van der Waals surface area (Å²) >= 11 is 0. The highest BCUT2D eigenvalue weighted by Gasteiger charge is 2.34. The molecule has 2 aromatic rings. The highest BCUT2D eigenvalue weighted by atomic mass is 16.2. The summed E-state index contributed by atoms with van der Waals surface area (Å²) in [5.41, 5.74) is 5.15. The van der Waals surface area contributed by atoms with E-state index in [0.29, 0.717) is 5.91 Å². The van der Waals surface area contributed by atoms with Crippen LogP contribution in [-0.4, -0.2) is 17.4 Å². The van der Waals surface area contributed by atoms with Crippen LogP contribution in [0.15, 0.2) is 48.5 Å². The SMILES string of the molecule is CCCC[C@H](CC)C(=O)N1CCc2ccccc2[C@@H]1c1ccc(C)cc1. The molecule has 138 valence electrons. The molecule has 0 spiro atoms. The molecule has 0 bridgehead atoms. The molecule has 0 saturated heterocycles. The van der Waals surface area contributed by atoms with Crippen LogP contribution >= 0.6 is 0 Å². The summed E-state index contributed by atoms with van der Waals surface area (Å²) in [6.45, 7) is 7.27. The van der Waals surface area contributed by atoms with Gasteiger partial charge in [0.15, 0.2) is 0 Å². The minimum Gasteiger partial charge on any atom is -0.331 e. The second-order valence-corrected chi connectivity index (χ2v) is 7.54. The summed E-state index contributed by atoms with van der Waals surface area (Å²) in [4.78, 5) is 15.6. The molecule has 0 unspecified atom stereocenters. The van der Waals surface area contributed by atoms with Gasteiger partial charge in [0.2, 0.25) is 5.91 Å². The topological polar surface area (TPSA) is 20.3 Å². The third-order valence-electron chi connectivity index (χ3n) is 5.71. The maximum absolute atomic E-state index is 13.4. The van der Waals surface area contributed by atoms with Gasteiger partial charge in [-0.15, -0.1) is 0 Å². The van der Waals surface area contributed by atoms with E-state index in [0.717, 1.165) is 38.6 Å². The highest BCUT2D eigenvalue weighted by Crippen LogP contribution is 2.36. The Hall–Kier alpha value is -2.09. The van der Waals surface area contributed by atoms with Crippen molar-refractivity contribution in [3.63, 3.8) is 0 Å². The Balaban J connectivity index is 1.98. The number of unbranched alkanes of at least 4 members (excludes halogenated alkanes) is 1. The van der Waals surface area contributed by atoms with E-state index in [1.54, 1.807) is 0 Å². The molecule has 0 aliphatic carbocycles. The fourth-order valence-corrected chi connectivity index (χ4v) is 4.10. The fourth-order valence-electron chi connectivity index (χ4n) is 4.10. The number of rotatable bonds is 6. The molecule has 0 fully saturated rings. The largest absolute Gasteiger partial charge is 0.331 e. The van der Waals surface area contributed by atoms with Crippen molar-refractivity contribution in [2.75, 3.05) is 6.54 Å². The van der Waals surface area contributed by atoms with Crippen molar-refractivity contribution in [2.24, 2.45) is 5.92 Å². The van der Waals surface area contributed by atoms with Gasteiger partial charge in [-0.1, -0.05) is 80.8 Å².